The Balaban J connectivity index is 2.35. The molecule has 1 aromatic carbocycles. The number of aryl methyl sites for hydroxylation is 1. The molecule has 0 aliphatic rings. The molecule has 1 N–H and O–H groups in total. The summed E-state index contributed by atoms with van der Waals surface area (Å²) in [6, 6.07) is 8.71. The molecule has 0 saturated heterocycles. The molecule has 0 fully saturated rings. The lowest BCUT2D eigenvalue weighted by Gasteiger charge is -2.15. The van der Waals surface area contributed by atoms with Crippen LogP contribution in [0.15, 0.2) is 24.3 Å². The van der Waals surface area contributed by atoms with E-state index in [-0.39, 0.29) is 0 Å². The third-order valence-corrected chi connectivity index (χ3v) is 3.03. The Labute approximate surface area is 100 Å². The molecule has 1 atom stereocenters. The van der Waals surface area contributed by atoms with Crippen LogP contribution in [0, 0.1) is 12.8 Å². The minimum absolute atomic E-state index is 0.654. The first-order chi connectivity index (χ1) is 7.61. The molecule has 1 heteroatoms. The summed E-state index contributed by atoms with van der Waals surface area (Å²) in [4.78, 5) is 0. The zero-order valence-electron chi connectivity index (χ0n) is 11.1. The van der Waals surface area contributed by atoms with Crippen molar-refractivity contribution in [2.24, 2.45) is 5.92 Å². The first-order valence-corrected chi connectivity index (χ1v) is 6.37. The number of hydrogen-bond donors (Lipinski definition) is 1. The molecule has 0 heterocycles. The fraction of sp³-hybridized carbons (Fsp3) is 0.600. The van der Waals surface area contributed by atoms with Crippen LogP contribution in [0.25, 0.3) is 0 Å². The molecule has 0 bridgehead atoms. The summed E-state index contributed by atoms with van der Waals surface area (Å²) in [6.07, 6.45) is 1.22. The van der Waals surface area contributed by atoms with Gasteiger partial charge in [0.2, 0.25) is 0 Å². The molecule has 0 saturated carbocycles. The van der Waals surface area contributed by atoms with Crippen LogP contribution in [-0.2, 0) is 0 Å². The Morgan fingerprint density at radius 3 is 2.44 bits per heavy atom. The number of benzene rings is 1. The lowest BCUT2D eigenvalue weighted by Crippen LogP contribution is -2.21. The van der Waals surface area contributed by atoms with Crippen molar-refractivity contribution in [1.29, 1.82) is 0 Å². The maximum Gasteiger partial charge on any atom is -0.00258 e. The van der Waals surface area contributed by atoms with Crippen molar-refractivity contribution < 1.29 is 0 Å². The van der Waals surface area contributed by atoms with Crippen LogP contribution >= 0.6 is 0 Å². The summed E-state index contributed by atoms with van der Waals surface area (Å²) >= 11 is 0. The Morgan fingerprint density at radius 1 is 1.12 bits per heavy atom. The van der Waals surface area contributed by atoms with E-state index >= 15 is 0 Å². The number of hydrogen-bond acceptors (Lipinski definition) is 1. The molecule has 0 radical (unpaired) electrons. The molecule has 1 unspecified atom stereocenters. The van der Waals surface area contributed by atoms with E-state index in [0.717, 1.165) is 19.0 Å². The number of rotatable bonds is 6. The van der Waals surface area contributed by atoms with E-state index in [0.29, 0.717) is 5.92 Å². The summed E-state index contributed by atoms with van der Waals surface area (Å²) in [5.41, 5.74) is 2.91. The third-order valence-electron chi connectivity index (χ3n) is 3.03. The highest BCUT2D eigenvalue weighted by Gasteiger charge is 2.07. The summed E-state index contributed by atoms with van der Waals surface area (Å²) in [5.74, 6) is 1.40. The topological polar surface area (TPSA) is 12.0 Å². The second-order valence-electron chi connectivity index (χ2n) is 5.14. The smallest absolute Gasteiger partial charge is 0.00258 e. The van der Waals surface area contributed by atoms with Crippen molar-refractivity contribution in [1.82, 2.24) is 5.32 Å². The molecule has 0 amide bonds. The van der Waals surface area contributed by atoms with Crippen molar-refractivity contribution in [2.45, 2.75) is 40.0 Å². The van der Waals surface area contributed by atoms with Gasteiger partial charge in [-0.2, -0.15) is 0 Å². The van der Waals surface area contributed by atoms with Gasteiger partial charge in [0.15, 0.2) is 0 Å². The highest BCUT2D eigenvalue weighted by Crippen LogP contribution is 2.21. The summed E-state index contributed by atoms with van der Waals surface area (Å²) in [6.45, 7) is 11.3. The van der Waals surface area contributed by atoms with Gasteiger partial charge < -0.3 is 5.32 Å². The predicted molar refractivity (Wildman–Crippen MR) is 71.9 cm³/mol. The normalized spacial score (nSPS) is 13.1. The average molecular weight is 219 g/mol. The molecule has 90 valence electrons. The van der Waals surface area contributed by atoms with Crippen LogP contribution in [-0.4, -0.2) is 13.1 Å². The van der Waals surface area contributed by atoms with Crippen LogP contribution in [0.1, 0.15) is 44.2 Å². The standard InChI is InChI=1S/C15H25N/c1-12(2)11-16-10-9-14(4)15-8-6-5-7-13(15)3/h5-8,12,14,16H,9-11H2,1-4H3. The first-order valence-electron chi connectivity index (χ1n) is 6.37. The van der Waals surface area contributed by atoms with Crippen molar-refractivity contribution in [2.75, 3.05) is 13.1 Å². The molecule has 0 aliphatic carbocycles. The quantitative estimate of drug-likeness (QED) is 0.719. The summed E-state index contributed by atoms with van der Waals surface area (Å²) < 4.78 is 0. The molecule has 16 heavy (non-hydrogen) atoms. The average Bonchev–Trinajstić information content (AvgIpc) is 2.24. The van der Waals surface area contributed by atoms with Gasteiger partial charge in [0.1, 0.15) is 0 Å². The molecular weight excluding hydrogens is 194 g/mol. The minimum atomic E-state index is 0.654. The minimum Gasteiger partial charge on any atom is -0.316 e. The third kappa shape index (κ3) is 4.36. The summed E-state index contributed by atoms with van der Waals surface area (Å²) in [5, 5.41) is 3.50. The van der Waals surface area contributed by atoms with E-state index in [4.69, 9.17) is 0 Å². The van der Waals surface area contributed by atoms with Crippen LogP contribution in [0.4, 0.5) is 0 Å². The predicted octanol–water partition coefficient (Wildman–Crippen LogP) is 3.73. The van der Waals surface area contributed by atoms with Crippen molar-refractivity contribution in [3.63, 3.8) is 0 Å². The maximum absolute atomic E-state index is 3.50. The van der Waals surface area contributed by atoms with Gasteiger partial charge in [0, 0.05) is 0 Å². The van der Waals surface area contributed by atoms with Crippen molar-refractivity contribution in [3.8, 4) is 0 Å². The monoisotopic (exact) mass is 219 g/mol. The van der Waals surface area contributed by atoms with Crippen LogP contribution in [0.2, 0.25) is 0 Å². The summed E-state index contributed by atoms with van der Waals surface area (Å²) in [7, 11) is 0. The molecule has 0 aliphatic heterocycles. The molecule has 1 nitrogen and oxygen atoms in total. The van der Waals surface area contributed by atoms with E-state index in [1.54, 1.807) is 0 Å². The second-order valence-corrected chi connectivity index (χ2v) is 5.14. The van der Waals surface area contributed by atoms with Crippen molar-refractivity contribution >= 4 is 0 Å². The molecular formula is C15H25N. The Morgan fingerprint density at radius 2 is 1.81 bits per heavy atom. The maximum atomic E-state index is 3.50. The van der Waals surface area contributed by atoms with E-state index in [1.165, 1.54) is 17.5 Å². The Hall–Kier alpha value is -0.820. The molecule has 1 rings (SSSR count). The lowest BCUT2D eigenvalue weighted by molar-refractivity contribution is 0.524. The van der Waals surface area contributed by atoms with Gasteiger partial charge in [0.05, 0.1) is 0 Å². The molecule has 1 aromatic rings. The van der Waals surface area contributed by atoms with Crippen LogP contribution < -0.4 is 5.32 Å². The van der Waals surface area contributed by atoms with E-state index in [1.807, 2.05) is 0 Å². The lowest BCUT2D eigenvalue weighted by atomic mass is 9.94. The van der Waals surface area contributed by atoms with Crippen LogP contribution in [0.3, 0.4) is 0 Å². The van der Waals surface area contributed by atoms with Gasteiger partial charge in [-0.25, -0.2) is 0 Å². The Bertz CT molecular complexity index is 304. The molecule has 0 spiro atoms. The van der Waals surface area contributed by atoms with Crippen molar-refractivity contribution in [3.05, 3.63) is 35.4 Å². The highest BCUT2D eigenvalue weighted by atomic mass is 14.8. The van der Waals surface area contributed by atoms with Gasteiger partial charge in [-0.15, -0.1) is 0 Å². The first kappa shape index (κ1) is 13.2. The fourth-order valence-electron chi connectivity index (χ4n) is 2.00. The van der Waals surface area contributed by atoms with Gasteiger partial charge in [-0.05, 0) is 49.4 Å². The zero-order chi connectivity index (χ0) is 12.0. The van der Waals surface area contributed by atoms with Gasteiger partial charge >= 0.3 is 0 Å². The van der Waals surface area contributed by atoms with E-state index in [2.05, 4.69) is 57.3 Å². The SMILES string of the molecule is Cc1ccccc1C(C)CCNCC(C)C. The van der Waals surface area contributed by atoms with Gasteiger partial charge in [-0.1, -0.05) is 45.0 Å². The second kappa shape index (κ2) is 6.70. The van der Waals surface area contributed by atoms with Crippen LogP contribution in [0.5, 0.6) is 0 Å². The van der Waals surface area contributed by atoms with E-state index in [9.17, 15) is 0 Å². The fourth-order valence-corrected chi connectivity index (χ4v) is 2.00. The largest absolute Gasteiger partial charge is 0.316 e. The Kier molecular flexibility index (Phi) is 5.54. The molecule has 0 aromatic heterocycles. The highest BCUT2D eigenvalue weighted by molar-refractivity contribution is 5.28. The van der Waals surface area contributed by atoms with E-state index < -0.39 is 0 Å². The van der Waals surface area contributed by atoms with Gasteiger partial charge in [0.25, 0.3) is 0 Å². The zero-order valence-corrected chi connectivity index (χ0v) is 11.1. The van der Waals surface area contributed by atoms with Gasteiger partial charge in [-0.3, -0.25) is 0 Å². The number of nitrogens with one attached hydrogen (secondary N) is 1.